The van der Waals surface area contributed by atoms with Crippen LogP contribution in [0, 0.1) is 0 Å². The van der Waals surface area contributed by atoms with Gasteiger partial charge in [0.15, 0.2) is 0 Å². The molecule has 0 aliphatic carbocycles. The zero-order valence-corrected chi connectivity index (χ0v) is 8.50. The molecule has 0 aromatic carbocycles. The lowest BCUT2D eigenvalue weighted by Crippen LogP contribution is -2.19. The van der Waals surface area contributed by atoms with Crippen LogP contribution >= 0.6 is 0 Å². The van der Waals surface area contributed by atoms with Crippen LogP contribution in [0.3, 0.4) is 0 Å². The van der Waals surface area contributed by atoms with Crippen LogP contribution in [-0.2, 0) is 5.41 Å². The normalized spacial score (nSPS) is 11.6. The molecule has 0 amide bonds. The number of hydrogen-bond acceptors (Lipinski definition) is 3. The fraction of sp³-hybridized carbons (Fsp3) is 0.600. The second-order valence-corrected chi connectivity index (χ2v) is 3.48. The van der Waals surface area contributed by atoms with Gasteiger partial charge in [-0.15, -0.1) is 0 Å². The van der Waals surface area contributed by atoms with Gasteiger partial charge in [-0.3, -0.25) is 0 Å². The second kappa shape index (κ2) is 3.73. The molecule has 0 saturated carbocycles. The minimum atomic E-state index is 0.104. The maximum Gasteiger partial charge on any atom is 0.250 e. The first-order valence-electron chi connectivity index (χ1n) is 4.60. The maximum absolute atomic E-state index is 4.98. The summed E-state index contributed by atoms with van der Waals surface area (Å²) in [5.41, 5.74) is 1.08. The van der Waals surface area contributed by atoms with Crippen molar-refractivity contribution in [2.75, 3.05) is 0 Å². The quantitative estimate of drug-likeness (QED) is 0.668. The first-order valence-corrected chi connectivity index (χ1v) is 4.60. The molecule has 1 heterocycles. The van der Waals surface area contributed by atoms with E-state index in [2.05, 4.69) is 37.6 Å². The molecule has 0 saturated heterocycles. The Hall–Kier alpha value is -1.12. The Labute approximate surface area is 78.8 Å². The van der Waals surface area contributed by atoms with E-state index in [-0.39, 0.29) is 5.41 Å². The molecule has 72 valence electrons. The van der Waals surface area contributed by atoms with Gasteiger partial charge in [0.2, 0.25) is 5.88 Å². The summed E-state index contributed by atoms with van der Waals surface area (Å²) in [7, 11) is 0. The Morgan fingerprint density at radius 3 is 2.54 bits per heavy atom. The molecule has 0 unspecified atom stereocenters. The first kappa shape index (κ1) is 9.96. The molecule has 0 atom stereocenters. The highest BCUT2D eigenvalue weighted by atomic mass is 16.5. The Morgan fingerprint density at radius 1 is 1.54 bits per heavy atom. The summed E-state index contributed by atoms with van der Waals surface area (Å²) in [6.07, 6.45) is 2.10. The van der Waals surface area contributed by atoms with E-state index in [0.29, 0.717) is 5.88 Å². The molecule has 0 radical (unpaired) electrons. The standard InChI is InChI=1S/C10H16N2O/c1-5-10(3,6-2)8-7-9(11-4)13-12-8/h7H,4-6H2,1-3H3. The molecule has 1 rings (SSSR count). The van der Waals surface area contributed by atoms with Crippen LogP contribution < -0.4 is 0 Å². The minimum Gasteiger partial charge on any atom is -0.336 e. The summed E-state index contributed by atoms with van der Waals surface area (Å²) in [4.78, 5) is 3.69. The van der Waals surface area contributed by atoms with Gasteiger partial charge >= 0.3 is 0 Å². The third kappa shape index (κ3) is 1.79. The van der Waals surface area contributed by atoms with E-state index in [0.717, 1.165) is 18.5 Å². The molecule has 0 spiro atoms. The third-order valence-electron chi connectivity index (χ3n) is 2.83. The summed E-state index contributed by atoms with van der Waals surface area (Å²) < 4.78 is 4.98. The Morgan fingerprint density at radius 2 is 2.15 bits per heavy atom. The summed E-state index contributed by atoms with van der Waals surface area (Å²) >= 11 is 0. The summed E-state index contributed by atoms with van der Waals surface area (Å²) in [6.45, 7) is 9.88. The molecule has 0 aliphatic heterocycles. The Kier molecular flexibility index (Phi) is 2.86. The molecule has 0 N–H and O–H groups in total. The van der Waals surface area contributed by atoms with Gasteiger partial charge in [-0.25, -0.2) is 4.99 Å². The van der Waals surface area contributed by atoms with Crippen molar-refractivity contribution in [2.45, 2.75) is 39.0 Å². The van der Waals surface area contributed by atoms with Gasteiger partial charge in [0, 0.05) is 11.5 Å². The predicted octanol–water partition coefficient (Wildman–Crippen LogP) is 3.08. The predicted molar refractivity (Wildman–Crippen MR) is 53.6 cm³/mol. The first-order chi connectivity index (χ1) is 6.16. The number of rotatable bonds is 4. The van der Waals surface area contributed by atoms with Crippen molar-refractivity contribution in [3.05, 3.63) is 11.8 Å². The molecule has 1 aromatic rings. The van der Waals surface area contributed by atoms with Gasteiger partial charge in [0.25, 0.3) is 0 Å². The zero-order valence-electron chi connectivity index (χ0n) is 8.50. The van der Waals surface area contributed by atoms with Crippen molar-refractivity contribution >= 4 is 12.6 Å². The van der Waals surface area contributed by atoms with Crippen molar-refractivity contribution in [1.29, 1.82) is 0 Å². The highest BCUT2D eigenvalue weighted by Crippen LogP contribution is 2.31. The highest BCUT2D eigenvalue weighted by molar-refractivity contribution is 5.38. The van der Waals surface area contributed by atoms with E-state index in [1.807, 2.05) is 6.07 Å². The highest BCUT2D eigenvalue weighted by Gasteiger charge is 2.26. The van der Waals surface area contributed by atoms with E-state index < -0.39 is 0 Å². The molecule has 13 heavy (non-hydrogen) atoms. The van der Waals surface area contributed by atoms with Gasteiger partial charge in [0.05, 0.1) is 5.69 Å². The number of aromatic nitrogens is 1. The second-order valence-electron chi connectivity index (χ2n) is 3.48. The van der Waals surface area contributed by atoms with E-state index in [4.69, 9.17) is 4.52 Å². The molecule has 3 heteroatoms. The van der Waals surface area contributed by atoms with Crippen LogP contribution in [0.5, 0.6) is 0 Å². The van der Waals surface area contributed by atoms with Crippen molar-refractivity contribution < 1.29 is 4.52 Å². The SMILES string of the molecule is C=Nc1cc(C(C)(CC)CC)no1. The monoisotopic (exact) mass is 180 g/mol. The molecule has 0 aliphatic rings. The average molecular weight is 180 g/mol. The fourth-order valence-electron chi connectivity index (χ4n) is 1.24. The van der Waals surface area contributed by atoms with E-state index in [1.165, 1.54) is 0 Å². The van der Waals surface area contributed by atoms with Crippen LogP contribution in [0.2, 0.25) is 0 Å². The van der Waals surface area contributed by atoms with Crippen molar-refractivity contribution in [3.8, 4) is 0 Å². The summed E-state index contributed by atoms with van der Waals surface area (Å²) in [6, 6.07) is 1.86. The lowest BCUT2D eigenvalue weighted by Gasteiger charge is -2.22. The largest absolute Gasteiger partial charge is 0.336 e. The molecular formula is C10H16N2O. The lowest BCUT2D eigenvalue weighted by atomic mass is 9.81. The van der Waals surface area contributed by atoms with Crippen LogP contribution in [0.1, 0.15) is 39.3 Å². The Bertz CT molecular complexity index is 287. The van der Waals surface area contributed by atoms with E-state index in [1.54, 1.807) is 0 Å². The van der Waals surface area contributed by atoms with Crippen LogP contribution in [0.15, 0.2) is 15.6 Å². The van der Waals surface area contributed by atoms with Gasteiger partial charge in [-0.2, -0.15) is 0 Å². The smallest absolute Gasteiger partial charge is 0.250 e. The van der Waals surface area contributed by atoms with Crippen molar-refractivity contribution in [2.24, 2.45) is 4.99 Å². The van der Waals surface area contributed by atoms with Crippen molar-refractivity contribution in [1.82, 2.24) is 5.16 Å². The topological polar surface area (TPSA) is 38.4 Å². The molecule has 0 bridgehead atoms. The molecule has 1 aromatic heterocycles. The van der Waals surface area contributed by atoms with E-state index >= 15 is 0 Å². The molecule has 0 fully saturated rings. The molecular weight excluding hydrogens is 164 g/mol. The minimum absolute atomic E-state index is 0.104. The van der Waals surface area contributed by atoms with Gasteiger partial charge < -0.3 is 4.52 Å². The van der Waals surface area contributed by atoms with Gasteiger partial charge in [-0.05, 0) is 19.6 Å². The number of nitrogens with zero attached hydrogens (tertiary/aromatic N) is 2. The summed E-state index contributed by atoms with van der Waals surface area (Å²) in [5.74, 6) is 0.503. The van der Waals surface area contributed by atoms with Crippen LogP contribution in [0.25, 0.3) is 0 Å². The van der Waals surface area contributed by atoms with Crippen LogP contribution in [-0.4, -0.2) is 11.9 Å². The third-order valence-corrected chi connectivity index (χ3v) is 2.83. The summed E-state index contributed by atoms with van der Waals surface area (Å²) in [5, 5.41) is 3.99. The maximum atomic E-state index is 4.98. The van der Waals surface area contributed by atoms with Crippen LogP contribution in [0.4, 0.5) is 5.88 Å². The van der Waals surface area contributed by atoms with E-state index in [9.17, 15) is 0 Å². The number of hydrogen-bond donors (Lipinski definition) is 0. The van der Waals surface area contributed by atoms with Crippen molar-refractivity contribution in [3.63, 3.8) is 0 Å². The average Bonchev–Trinajstić information content (AvgIpc) is 2.65. The van der Waals surface area contributed by atoms with Gasteiger partial charge in [0.1, 0.15) is 0 Å². The molecule has 3 nitrogen and oxygen atoms in total. The number of aliphatic imine (C=N–C) groups is 1. The Balaban J connectivity index is 2.98. The zero-order chi connectivity index (χ0) is 9.90. The lowest BCUT2D eigenvalue weighted by molar-refractivity contribution is 0.366. The van der Waals surface area contributed by atoms with Gasteiger partial charge in [-0.1, -0.05) is 25.9 Å². The fourth-order valence-corrected chi connectivity index (χ4v) is 1.24.